The van der Waals surface area contributed by atoms with E-state index in [4.69, 9.17) is 8.85 Å². The number of hydrogen-bond acceptors (Lipinski definition) is 3. The highest BCUT2D eigenvalue weighted by Crippen LogP contribution is 2.36. The molecular weight excluding hydrogens is 508 g/mol. The second-order valence-corrected chi connectivity index (χ2v) is 18.9. The Balaban J connectivity index is 2.29. The van der Waals surface area contributed by atoms with Crippen LogP contribution in [0, 0.1) is 0 Å². The number of amides is 1. The van der Waals surface area contributed by atoms with Crippen molar-refractivity contribution in [2.24, 2.45) is 0 Å². The quantitative estimate of drug-likeness (QED) is 0.285. The monoisotopic (exact) mass is 537 g/mol. The second kappa shape index (κ2) is 10.4. The van der Waals surface area contributed by atoms with Crippen molar-refractivity contribution >= 4 is 22.5 Å². The maximum absolute atomic E-state index is 13.1. The van der Waals surface area contributed by atoms with Crippen molar-refractivity contribution in [3.8, 4) is 5.75 Å². The van der Waals surface area contributed by atoms with Gasteiger partial charge in [0.2, 0.25) is 8.32 Å². The van der Waals surface area contributed by atoms with Gasteiger partial charge < -0.3 is 14.2 Å². The summed E-state index contributed by atoms with van der Waals surface area (Å²) in [7, 11) is -3.97. The molecule has 1 N–H and O–H groups in total. The van der Waals surface area contributed by atoms with Gasteiger partial charge in [-0.1, -0.05) is 12.1 Å². The van der Waals surface area contributed by atoms with Crippen molar-refractivity contribution in [3.05, 3.63) is 64.7 Å². The van der Waals surface area contributed by atoms with Gasteiger partial charge in [-0.25, -0.2) is 0 Å². The van der Waals surface area contributed by atoms with E-state index in [9.17, 15) is 31.1 Å². The highest BCUT2D eigenvalue weighted by atomic mass is 28.4. The van der Waals surface area contributed by atoms with Crippen molar-refractivity contribution in [1.29, 1.82) is 0 Å². The summed E-state index contributed by atoms with van der Waals surface area (Å²) < 4.78 is 90.9. The van der Waals surface area contributed by atoms with Gasteiger partial charge in [0.05, 0.1) is 17.2 Å². The fourth-order valence-electron chi connectivity index (χ4n) is 3.13. The minimum absolute atomic E-state index is 0.0159. The minimum Gasteiger partial charge on any atom is -0.544 e. The molecule has 1 unspecified atom stereocenters. The zero-order valence-corrected chi connectivity index (χ0v) is 22.3. The average Bonchev–Trinajstić information content (AvgIpc) is 2.68. The highest BCUT2D eigenvalue weighted by molar-refractivity contribution is 6.70. The molecule has 2 rings (SSSR count). The van der Waals surface area contributed by atoms with E-state index in [0.717, 1.165) is 0 Å². The Labute approximate surface area is 202 Å². The molecule has 4 nitrogen and oxygen atoms in total. The first-order valence-electron chi connectivity index (χ1n) is 10.8. The number of carbonyl (C=O) groups is 1. The number of rotatable bonds is 8. The van der Waals surface area contributed by atoms with Crippen LogP contribution in [0.25, 0.3) is 0 Å². The van der Waals surface area contributed by atoms with Crippen LogP contribution in [0.2, 0.25) is 39.3 Å². The molecule has 35 heavy (non-hydrogen) atoms. The Morgan fingerprint density at radius 3 is 1.71 bits per heavy atom. The summed E-state index contributed by atoms with van der Waals surface area (Å²) in [5, 5.41) is 2.43. The molecule has 0 aliphatic carbocycles. The Kier molecular flexibility index (Phi) is 8.55. The Morgan fingerprint density at radius 1 is 0.829 bits per heavy atom. The Bertz CT molecular complexity index is 994. The first-order chi connectivity index (χ1) is 15.7. The number of halogens is 6. The largest absolute Gasteiger partial charge is 0.544 e. The van der Waals surface area contributed by atoms with Crippen molar-refractivity contribution in [2.75, 3.05) is 6.54 Å². The van der Waals surface area contributed by atoms with Crippen LogP contribution in [0.15, 0.2) is 42.5 Å². The van der Waals surface area contributed by atoms with Crippen LogP contribution in [-0.4, -0.2) is 29.1 Å². The highest BCUT2D eigenvalue weighted by Gasteiger charge is 2.37. The van der Waals surface area contributed by atoms with Crippen molar-refractivity contribution < 1.29 is 40.0 Å². The van der Waals surface area contributed by atoms with E-state index in [0.29, 0.717) is 23.4 Å². The van der Waals surface area contributed by atoms with Crippen LogP contribution in [0.4, 0.5) is 26.3 Å². The molecule has 2 aromatic carbocycles. The van der Waals surface area contributed by atoms with Gasteiger partial charge in [0.1, 0.15) is 5.75 Å². The summed E-state index contributed by atoms with van der Waals surface area (Å²) in [5.74, 6) is -0.392. The average molecular weight is 538 g/mol. The topological polar surface area (TPSA) is 47.6 Å². The molecule has 0 aliphatic rings. The Hall–Kier alpha value is -2.32. The van der Waals surface area contributed by atoms with Crippen LogP contribution in [0.5, 0.6) is 5.75 Å². The van der Waals surface area contributed by atoms with E-state index in [1.54, 1.807) is 24.3 Å². The van der Waals surface area contributed by atoms with Crippen molar-refractivity contribution in [1.82, 2.24) is 5.32 Å². The molecule has 12 heteroatoms. The van der Waals surface area contributed by atoms with Gasteiger partial charge in [-0.3, -0.25) is 4.79 Å². The molecule has 0 aliphatic heterocycles. The molecule has 0 bridgehead atoms. The lowest BCUT2D eigenvalue weighted by Gasteiger charge is -2.27. The third-order valence-electron chi connectivity index (χ3n) is 4.47. The van der Waals surface area contributed by atoms with E-state index in [-0.39, 0.29) is 12.6 Å². The molecule has 0 heterocycles. The summed E-state index contributed by atoms with van der Waals surface area (Å²) in [6.07, 6.45) is -10.7. The summed E-state index contributed by atoms with van der Waals surface area (Å²) in [5.41, 5.74) is -3.15. The van der Waals surface area contributed by atoms with Crippen molar-refractivity contribution in [3.63, 3.8) is 0 Å². The SMILES string of the molecule is C[Si](C)(C)Oc1ccc(C(CNC(=O)c2cc(C(F)(F)F)cc(C(F)(F)F)c2)O[Si](C)(C)C)cc1. The predicted molar refractivity (Wildman–Crippen MR) is 126 cm³/mol. The summed E-state index contributed by atoms with van der Waals surface area (Å²) in [6.45, 7) is 11.7. The molecule has 1 atom stereocenters. The molecule has 0 spiro atoms. The van der Waals surface area contributed by atoms with Gasteiger partial charge >= 0.3 is 12.4 Å². The third kappa shape index (κ3) is 9.34. The van der Waals surface area contributed by atoms with Gasteiger partial charge in [0.15, 0.2) is 8.32 Å². The first kappa shape index (κ1) is 28.9. The standard InChI is InChI=1S/C23H29F6NO3Si2/c1-34(2,3)32-19-9-7-15(8-10-19)20(33-35(4,5)6)14-30-21(31)16-11-17(22(24,25)26)13-18(12-16)23(27,28)29/h7-13,20H,14H2,1-6H3,(H,30,31). The van der Waals surface area contributed by atoms with E-state index in [1.165, 1.54) is 0 Å². The smallest absolute Gasteiger partial charge is 0.416 e. The Morgan fingerprint density at radius 2 is 1.31 bits per heavy atom. The van der Waals surface area contributed by atoms with Gasteiger partial charge in [-0.15, -0.1) is 0 Å². The fraction of sp³-hybridized carbons (Fsp3) is 0.435. The van der Waals surface area contributed by atoms with E-state index < -0.39 is 57.7 Å². The maximum atomic E-state index is 13.1. The first-order valence-corrected chi connectivity index (χ1v) is 17.6. The number of nitrogens with one attached hydrogen (secondary N) is 1. The normalized spacial score (nSPS) is 13.9. The third-order valence-corrected chi connectivity index (χ3v) is 6.31. The summed E-state index contributed by atoms with van der Waals surface area (Å²) >= 11 is 0. The summed E-state index contributed by atoms with van der Waals surface area (Å²) in [6, 6.07) is 7.84. The molecular formula is C23H29F6NO3Si2. The van der Waals surface area contributed by atoms with Crippen LogP contribution in [0.3, 0.4) is 0 Å². The lowest BCUT2D eigenvalue weighted by atomic mass is 10.0. The lowest BCUT2D eigenvalue weighted by Crippen LogP contribution is -2.35. The van der Waals surface area contributed by atoms with E-state index in [1.807, 2.05) is 39.3 Å². The van der Waals surface area contributed by atoms with Gasteiger partial charge in [-0.05, 0) is 75.2 Å². The van der Waals surface area contributed by atoms with E-state index in [2.05, 4.69) is 5.32 Å². The summed E-state index contributed by atoms with van der Waals surface area (Å²) in [4.78, 5) is 12.6. The second-order valence-electron chi connectivity index (χ2n) is 10.0. The van der Waals surface area contributed by atoms with Gasteiger partial charge in [0.25, 0.3) is 5.91 Å². The number of benzene rings is 2. The zero-order chi connectivity index (χ0) is 26.8. The molecule has 0 radical (unpaired) electrons. The fourth-order valence-corrected chi connectivity index (χ4v) is 5.05. The van der Waals surface area contributed by atoms with E-state index >= 15 is 0 Å². The molecule has 0 fully saturated rings. The number of hydrogen-bond donors (Lipinski definition) is 1. The molecule has 194 valence electrons. The molecule has 0 aromatic heterocycles. The molecule has 1 amide bonds. The van der Waals surface area contributed by atoms with Crippen molar-refractivity contribution in [2.45, 2.75) is 57.7 Å². The van der Waals surface area contributed by atoms with Gasteiger partial charge in [0, 0.05) is 12.1 Å². The maximum Gasteiger partial charge on any atom is 0.416 e. The predicted octanol–water partition coefficient (Wildman–Crippen LogP) is 7.26. The van der Waals surface area contributed by atoms with Crippen LogP contribution in [0.1, 0.15) is 33.2 Å². The van der Waals surface area contributed by atoms with Crippen LogP contribution in [-0.2, 0) is 16.8 Å². The molecule has 0 saturated carbocycles. The van der Waals surface area contributed by atoms with Gasteiger partial charge in [-0.2, -0.15) is 26.3 Å². The number of carbonyl (C=O) groups excluding carboxylic acids is 1. The zero-order valence-electron chi connectivity index (χ0n) is 20.3. The molecule has 2 aromatic rings. The van der Waals surface area contributed by atoms with Crippen LogP contribution < -0.4 is 9.74 Å². The number of alkyl halides is 6. The molecule has 0 saturated heterocycles. The van der Waals surface area contributed by atoms with Crippen LogP contribution >= 0.6 is 0 Å². The minimum atomic E-state index is -5.04. The lowest BCUT2D eigenvalue weighted by molar-refractivity contribution is -0.143.